The van der Waals surface area contributed by atoms with Crippen molar-refractivity contribution in [1.29, 1.82) is 5.26 Å². The molecule has 0 aliphatic carbocycles. The smallest absolute Gasteiger partial charge is 0.251 e. The van der Waals surface area contributed by atoms with Crippen LogP contribution in [0.15, 0.2) is 24.3 Å². The second-order valence-electron chi connectivity index (χ2n) is 4.68. The number of likely N-dealkylation sites (tertiary alicyclic amines) is 1. The zero-order valence-electron chi connectivity index (χ0n) is 10.7. The van der Waals surface area contributed by atoms with Crippen LogP contribution in [0.4, 0.5) is 0 Å². The molecule has 1 N–H and O–H groups in total. The van der Waals surface area contributed by atoms with Gasteiger partial charge in [-0.05, 0) is 24.6 Å². The van der Waals surface area contributed by atoms with E-state index in [1.54, 1.807) is 36.2 Å². The molecule has 1 aliphatic rings. The number of carbonyl (C=O) groups is 2. The van der Waals surface area contributed by atoms with E-state index in [0.29, 0.717) is 30.5 Å². The Labute approximate surface area is 111 Å². The van der Waals surface area contributed by atoms with E-state index in [1.807, 2.05) is 6.07 Å². The monoisotopic (exact) mass is 257 g/mol. The van der Waals surface area contributed by atoms with Gasteiger partial charge in [0, 0.05) is 31.6 Å². The molecule has 0 saturated carbocycles. The maximum absolute atomic E-state index is 12.0. The first-order valence-corrected chi connectivity index (χ1v) is 6.15. The van der Waals surface area contributed by atoms with Crippen LogP contribution in [0.1, 0.15) is 28.8 Å². The summed E-state index contributed by atoms with van der Waals surface area (Å²) in [5.41, 5.74) is 0.933. The average molecular weight is 257 g/mol. The molecule has 1 heterocycles. The van der Waals surface area contributed by atoms with E-state index >= 15 is 0 Å². The molecule has 1 aromatic rings. The van der Waals surface area contributed by atoms with Crippen LogP contribution in [0.5, 0.6) is 0 Å². The van der Waals surface area contributed by atoms with Crippen LogP contribution < -0.4 is 5.32 Å². The van der Waals surface area contributed by atoms with Gasteiger partial charge in [-0.25, -0.2) is 0 Å². The summed E-state index contributed by atoms with van der Waals surface area (Å²) in [5.74, 6) is -0.0955. The summed E-state index contributed by atoms with van der Waals surface area (Å²) in [5, 5.41) is 11.7. The summed E-state index contributed by atoms with van der Waals surface area (Å²) >= 11 is 0. The number of piperidine rings is 1. The lowest BCUT2D eigenvalue weighted by molar-refractivity contribution is -0.132. The maximum atomic E-state index is 12.0. The van der Waals surface area contributed by atoms with E-state index in [2.05, 4.69) is 5.32 Å². The van der Waals surface area contributed by atoms with Gasteiger partial charge < -0.3 is 10.2 Å². The first kappa shape index (κ1) is 13.1. The molecule has 1 atom stereocenters. The molecule has 1 aromatic carbocycles. The Kier molecular flexibility index (Phi) is 3.81. The summed E-state index contributed by atoms with van der Waals surface area (Å²) in [6, 6.07) is 8.56. The molecule has 0 radical (unpaired) electrons. The molecule has 98 valence electrons. The second-order valence-corrected chi connectivity index (χ2v) is 4.68. The number of nitrogens with zero attached hydrogens (tertiary/aromatic N) is 2. The number of amides is 2. The minimum Gasteiger partial charge on any atom is -0.348 e. The summed E-state index contributed by atoms with van der Waals surface area (Å²) in [7, 11) is 1.73. The molecule has 0 bridgehead atoms. The van der Waals surface area contributed by atoms with Crippen LogP contribution in [0.25, 0.3) is 0 Å². The number of hydrogen-bond acceptors (Lipinski definition) is 3. The Morgan fingerprint density at radius 1 is 1.53 bits per heavy atom. The normalized spacial score (nSPS) is 18.8. The Balaban J connectivity index is 2.01. The summed E-state index contributed by atoms with van der Waals surface area (Å²) in [4.78, 5) is 25.0. The molecule has 5 nitrogen and oxygen atoms in total. The second kappa shape index (κ2) is 5.53. The number of rotatable bonds is 2. The van der Waals surface area contributed by atoms with Crippen molar-refractivity contribution >= 4 is 11.8 Å². The number of benzene rings is 1. The number of likely N-dealkylation sites (N-methyl/N-ethyl adjacent to an activating group) is 1. The van der Waals surface area contributed by atoms with Crippen LogP contribution in [-0.4, -0.2) is 36.3 Å². The Hall–Kier alpha value is -2.35. The highest BCUT2D eigenvalue weighted by Gasteiger charge is 2.24. The first-order chi connectivity index (χ1) is 9.10. The predicted octanol–water partition coefficient (Wildman–Crippen LogP) is 0.909. The third-order valence-corrected chi connectivity index (χ3v) is 3.22. The molecule has 0 aromatic heterocycles. The van der Waals surface area contributed by atoms with E-state index in [4.69, 9.17) is 5.26 Å². The zero-order chi connectivity index (χ0) is 13.8. The lowest BCUT2D eigenvalue weighted by Crippen LogP contribution is -2.48. The van der Waals surface area contributed by atoms with E-state index < -0.39 is 0 Å². The molecule has 5 heteroatoms. The SMILES string of the molecule is CN1CC(NC(=O)c2cccc(C#N)c2)CCC1=O. The van der Waals surface area contributed by atoms with Crippen molar-refractivity contribution < 1.29 is 9.59 Å². The molecular weight excluding hydrogens is 242 g/mol. The summed E-state index contributed by atoms with van der Waals surface area (Å²) in [6.07, 6.45) is 1.12. The van der Waals surface area contributed by atoms with Gasteiger partial charge in [0.05, 0.1) is 11.6 Å². The molecule has 1 fully saturated rings. The van der Waals surface area contributed by atoms with E-state index in [-0.39, 0.29) is 17.9 Å². The van der Waals surface area contributed by atoms with Crippen LogP contribution >= 0.6 is 0 Å². The van der Waals surface area contributed by atoms with Crippen molar-refractivity contribution in [2.24, 2.45) is 0 Å². The molecule has 0 spiro atoms. The Morgan fingerprint density at radius 3 is 3.00 bits per heavy atom. The van der Waals surface area contributed by atoms with Crippen molar-refractivity contribution in [3.63, 3.8) is 0 Å². The molecule has 2 rings (SSSR count). The summed E-state index contributed by atoms with van der Waals surface area (Å²) < 4.78 is 0. The summed E-state index contributed by atoms with van der Waals surface area (Å²) in [6.45, 7) is 0.530. The van der Waals surface area contributed by atoms with Gasteiger partial charge in [-0.2, -0.15) is 5.26 Å². The topological polar surface area (TPSA) is 73.2 Å². The van der Waals surface area contributed by atoms with Gasteiger partial charge in [-0.3, -0.25) is 9.59 Å². The van der Waals surface area contributed by atoms with Crippen LogP contribution in [0.3, 0.4) is 0 Å². The number of nitrogens with one attached hydrogen (secondary N) is 1. The minimum absolute atomic E-state index is 0.0269. The van der Waals surface area contributed by atoms with Gasteiger partial charge in [0.25, 0.3) is 5.91 Å². The third-order valence-electron chi connectivity index (χ3n) is 3.22. The standard InChI is InChI=1S/C14H15N3O2/c1-17-9-12(5-6-13(17)18)16-14(19)11-4-2-3-10(7-11)8-15/h2-4,7,12H,5-6,9H2,1H3,(H,16,19). The Bertz CT molecular complexity index is 548. The van der Waals surface area contributed by atoms with Crippen molar-refractivity contribution in [2.45, 2.75) is 18.9 Å². The van der Waals surface area contributed by atoms with Gasteiger partial charge in [-0.15, -0.1) is 0 Å². The maximum Gasteiger partial charge on any atom is 0.251 e. The Morgan fingerprint density at radius 2 is 2.32 bits per heavy atom. The lowest BCUT2D eigenvalue weighted by atomic mass is 10.0. The predicted molar refractivity (Wildman–Crippen MR) is 69.3 cm³/mol. The average Bonchev–Trinajstić information content (AvgIpc) is 2.43. The van der Waals surface area contributed by atoms with Gasteiger partial charge in [0.1, 0.15) is 0 Å². The highest BCUT2D eigenvalue weighted by molar-refractivity contribution is 5.94. The van der Waals surface area contributed by atoms with E-state index in [0.717, 1.165) is 0 Å². The molecule has 1 saturated heterocycles. The fraction of sp³-hybridized carbons (Fsp3) is 0.357. The van der Waals surface area contributed by atoms with Gasteiger partial charge in [0.15, 0.2) is 0 Å². The fourth-order valence-electron chi connectivity index (χ4n) is 2.13. The van der Waals surface area contributed by atoms with Crippen LogP contribution in [0.2, 0.25) is 0 Å². The van der Waals surface area contributed by atoms with Crippen molar-refractivity contribution in [2.75, 3.05) is 13.6 Å². The van der Waals surface area contributed by atoms with Gasteiger partial charge >= 0.3 is 0 Å². The van der Waals surface area contributed by atoms with Gasteiger partial charge in [0.2, 0.25) is 5.91 Å². The third kappa shape index (κ3) is 3.10. The molecule has 1 aliphatic heterocycles. The fourth-order valence-corrected chi connectivity index (χ4v) is 2.13. The molecule has 2 amide bonds. The largest absolute Gasteiger partial charge is 0.348 e. The molecular formula is C14H15N3O2. The van der Waals surface area contributed by atoms with Crippen LogP contribution in [-0.2, 0) is 4.79 Å². The van der Waals surface area contributed by atoms with Crippen molar-refractivity contribution in [3.05, 3.63) is 35.4 Å². The van der Waals surface area contributed by atoms with Crippen LogP contribution in [0, 0.1) is 11.3 Å². The quantitative estimate of drug-likeness (QED) is 0.855. The number of carbonyl (C=O) groups excluding carboxylic acids is 2. The van der Waals surface area contributed by atoms with Crippen molar-refractivity contribution in [3.8, 4) is 6.07 Å². The zero-order valence-corrected chi connectivity index (χ0v) is 10.7. The minimum atomic E-state index is -0.204. The van der Waals surface area contributed by atoms with E-state index in [1.165, 1.54) is 0 Å². The highest BCUT2D eigenvalue weighted by atomic mass is 16.2. The first-order valence-electron chi connectivity index (χ1n) is 6.15. The highest BCUT2D eigenvalue weighted by Crippen LogP contribution is 2.11. The van der Waals surface area contributed by atoms with Gasteiger partial charge in [-0.1, -0.05) is 6.07 Å². The molecule has 19 heavy (non-hydrogen) atoms. The number of hydrogen-bond donors (Lipinski definition) is 1. The van der Waals surface area contributed by atoms with Crippen molar-refractivity contribution in [1.82, 2.24) is 10.2 Å². The lowest BCUT2D eigenvalue weighted by Gasteiger charge is -2.30. The number of nitriles is 1. The molecule has 1 unspecified atom stereocenters. The van der Waals surface area contributed by atoms with E-state index in [9.17, 15) is 9.59 Å².